The Labute approximate surface area is 172 Å². The molecule has 144 valence electrons. The molecule has 0 saturated heterocycles. The van der Waals surface area contributed by atoms with Gasteiger partial charge in [0, 0.05) is 24.6 Å². The molecule has 28 heavy (non-hydrogen) atoms. The molecule has 1 aromatic heterocycles. The van der Waals surface area contributed by atoms with Crippen molar-refractivity contribution < 1.29 is 13.2 Å². The molecule has 2 amide bonds. The molecule has 0 fully saturated rings. The van der Waals surface area contributed by atoms with Crippen molar-refractivity contribution in [1.29, 1.82) is 0 Å². The molecule has 0 atom stereocenters. The predicted molar refractivity (Wildman–Crippen MR) is 108 cm³/mol. The fraction of sp³-hybridized carbons (Fsp3) is 0.0526. The van der Waals surface area contributed by atoms with Gasteiger partial charge in [-0.1, -0.05) is 29.3 Å². The average Bonchev–Trinajstić information content (AvgIpc) is 2.69. The molecule has 6 nitrogen and oxygen atoms in total. The molecular formula is C19H15Cl2N3O3S. The van der Waals surface area contributed by atoms with Gasteiger partial charge in [-0.25, -0.2) is 13.2 Å². The van der Waals surface area contributed by atoms with Crippen LogP contribution in [0.15, 0.2) is 76.8 Å². The molecule has 0 aliphatic heterocycles. The first-order valence-electron chi connectivity index (χ1n) is 8.10. The summed E-state index contributed by atoms with van der Waals surface area (Å²) in [5.74, 6) is 0. The maximum atomic E-state index is 12.7. The van der Waals surface area contributed by atoms with Crippen molar-refractivity contribution in [1.82, 2.24) is 10.3 Å². The van der Waals surface area contributed by atoms with Crippen molar-refractivity contribution in [2.75, 3.05) is 5.32 Å². The fourth-order valence-electron chi connectivity index (χ4n) is 2.36. The third kappa shape index (κ3) is 4.81. The highest BCUT2D eigenvalue weighted by atomic mass is 35.5. The molecule has 9 heteroatoms. The van der Waals surface area contributed by atoms with E-state index in [-0.39, 0.29) is 19.8 Å². The van der Waals surface area contributed by atoms with Gasteiger partial charge >= 0.3 is 6.03 Å². The molecule has 0 bridgehead atoms. The van der Waals surface area contributed by atoms with Crippen LogP contribution in [0.3, 0.4) is 0 Å². The summed E-state index contributed by atoms with van der Waals surface area (Å²) in [7, 11) is -3.75. The number of sulfone groups is 1. The molecule has 3 rings (SSSR count). The van der Waals surface area contributed by atoms with Crippen LogP contribution in [0.2, 0.25) is 10.0 Å². The van der Waals surface area contributed by atoms with Gasteiger partial charge in [-0.15, -0.1) is 0 Å². The summed E-state index contributed by atoms with van der Waals surface area (Å²) in [5, 5.41) is 5.77. The second-order valence-corrected chi connectivity index (χ2v) is 8.54. The van der Waals surface area contributed by atoms with Crippen LogP contribution in [0.25, 0.3) is 0 Å². The number of anilines is 1. The number of benzene rings is 2. The van der Waals surface area contributed by atoms with E-state index < -0.39 is 15.9 Å². The molecule has 0 spiro atoms. The zero-order chi connectivity index (χ0) is 20.1. The van der Waals surface area contributed by atoms with Gasteiger partial charge in [-0.05, 0) is 54.1 Å². The summed E-state index contributed by atoms with van der Waals surface area (Å²) in [6.45, 7) is 0.323. The maximum absolute atomic E-state index is 12.7. The highest BCUT2D eigenvalue weighted by molar-refractivity contribution is 7.91. The molecule has 1 heterocycles. The van der Waals surface area contributed by atoms with Crippen LogP contribution in [-0.4, -0.2) is 19.4 Å². The number of halogens is 2. The number of rotatable bonds is 5. The molecule has 0 aliphatic carbocycles. The minimum Gasteiger partial charge on any atom is -0.334 e. The zero-order valence-corrected chi connectivity index (χ0v) is 16.7. The SMILES string of the molecule is O=C(NCc1cccnc1)Nc1ccc(S(=O)(=O)c2ccc(Cl)c(Cl)c2)cc1. The normalized spacial score (nSPS) is 11.1. The predicted octanol–water partition coefficient (Wildman–Crippen LogP) is 4.54. The van der Waals surface area contributed by atoms with E-state index in [1.165, 1.54) is 42.5 Å². The number of amides is 2. The Morgan fingerprint density at radius 2 is 1.68 bits per heavy atom. The van der Waals surface area contributed by atoms with Crippen LogP contribution >= 0.6 is 23.2 Å². The Kier molecular flexibility index (Phi) is 6.18. The Morgan fingerprint density at radius 1 is 0.964 bits per heavy atom. The van der Waals surface area contributed by atoms with Gasteiger partial charge in [0.2, 0.25) is 9.84 Å². The molecule has 0 aliphatic rings. The van der Waals surface area contributed by atoms with Gasteiger partial charge in [-0.3, -0.25) is 4.98 Å². The lowest BCUT2D eigenvalue weighted by Gasteiger charge is -2.09. The molecule has 0 saturated carbocycles. The topological polar surface area (TPSA) is 88.2 Å². The van der Waals surface area contributed by atoms with Crippen molar-refractivity contribution in [2.24, 2.45) is 0 Å². The molecule has 3 aromatic rings. The second-order valence-electron chi connectivity index (χ2n) is 5.77. The zero-order valence-electron chi connectivity index (χ0n) is 14.4. The summed E-state index contributed by atoms with van der Waals surface area (Å²) < 4.78 is 25.4. The van der Waals surface area contributed by atoms with E-state index >= 15 is 0 Å². The Bertz CT molecular complexity index is 1090. The van der Waals surface area contributed by atoms with Gasteiger partial charge in [0.25, 0.3) is 0 Å². The van der Waals surface area contributed by atoms with Crippen LogP contribution in [0.1, 0.15) is 5.56 Å². The third-order valence-corrected chi connectivity index (χ3v) is 6.31. The Hall–Kier alpha value is -2.61. The fourth-order valence-corrected chi connectivity index (χ4v) is 4.01. The smallest absolute Gasteiger partial charge is 0.319 e. The first-order valence-corrected chi connectivity index (χ1v) is 10.3. The van der Waals surface area contributed by atoms with E-state index in [9.17, 15) is 13.2 Å². The molecular weight excluding hydrogens is 421 g/mol. The van der Waals surface area contributed by atoms with E-state index in [4.69, 9.17) is 23.2 Å². The summed E-state index contributed by atoms with van der Waals surface area (Å²) in [6.07, 6.45) is 3.31. The van der Waals surface area contributed by atoms with Gasteiger partial charge < -0.3 is 10.6 Å². The number of nitrogens with zero attached hydrogens (tertiary/aromatic N) is 1. The van der Waals surface area contributed by atoms with Gasteiger partial charge in [0.1, 0.15) is 0 Å². The van der Waals surface area contributed by atoms with Crippen molar-refractivity contribution in [3.63, 3.8) is 0 Å². The van der Waals surface area contributed by atoms with Gasteiger partial charge in [0.15, 0.2) is 0 Å². The van der Waals surface area contributed by atoms with Crippen LogP contribution in [-0.2, 0) is 16.4 Å². The van der Waals surface area contributed by atoms with Crippen LogP contribution in [0.4, 0.5) is 10.5 Å². The lowest BCUT2D eigenvalue weighted by atomic mass is 10.3. The number of aromatic nitrogens is 1. The monoisotopic (exact) mass is 435 g/mol. The number of carbonyl (C=O) groups excluding carboxylic acids is 1. The van der Waals surface area contributed by atoms with E-state index in [0.717, 1.165) is 5.56 Å². The van der Waals surface area contributed by atoms with Crippen molar-refractivity contribution in [3.8, 4) is 0 Å². The number of pyridine rings is 1. The lowest BCUT2D eigenvalue weighted by Crippen LogP contribution is -2.28. The molecule has 0 unspecified atom stereocenters. The minimum absolute atomic E-state index is 0.0387. The number of urea groups is 1. The Morgan fingerprint density at radius 3 is 2.32 bits per heavy atom. The first-order chi connectivity index (χ1) is 13.4. The van der Waals surface area contributed by atoms with Crippen molar-refractivity contribution in [3.05, 3.63) is 82.6 Å². The number of hydrogen-bond donors (Lipinski definition) is 2. The molecule has 2 N–H and O–H groups in total. The largest absolute Gasteiger partial charge is 0.334 e. The van der Waals surface area contributed by atoms with E-state index in [1.807, 2.05) is 6.07 Å². The second kappa shape index (κ2) is 8.60. The standard InChI is InChI=1S/C19H15Cl2N3O3S/c20-17-8-7-16(10-18(17)21)28(26,27)15-5-3-14(4-6-15)24-19(25)23-12-13-2-1-9-22-11-13/h1-11H,12H2,(H2,23,24,25). The summed E-state index contributed by atoms with van der Waals surface area (Å²) in [4.78, 5) is 16.1. The van der Waals surface area contributed by atoms with Crippen LogP contribution in [0, 0.1) is 0 Å². The summed E-state index contributed by atoms with van der Waals surface area (Å²) in [5.41, 5.74) is 1.32. The number of carbonyl (C=O) groups is 1. The summed E-state index contributed by atoms with van der Waals surface area (Å²) in [6, 6.07) is 13.2. The summed E-state index contributed by atoms with van der Waals surface area (Å²) >= 11 is 11.7. The van der Waals surface area contributed by atoms with E-state index in [2.05, 4.69) is 15.6 Å². The van der Waals surface area contributed by atoms with Gasteiger partial charge in [0.05, 0.1) is 19.8 Å². The van der Waals surface area contributed by atoms with Crippen molar-refractivity contribution >= 4 is 44.8 Å². The van der Waals surface area contributed by atoms with Crippen molar-refractivity contribution in [2.45, 2.75) is 16.3 Å². The average molecular weight is 436 g/mol. The van der Waals surface area contributed by atoms with E-state index in [0.29, 0.717) is 12.2 Å². The third-order valence-electron chi connectivity index (χ3n) is 3.80. The number of hydrogen-bond acceptors (Lipinski definition) is 4. The van der Waals surface area contributed by atoms with E-state index in [1.54, 1.807) is 18.5 Å². The van der Waals surface area contributed by atoms with Crippen LogP contribution in [0.5, 0.6) is 0 Å². The molecule has 2 aromatic carbocycles. The number of nitrogens with one attached hydrogen (secondary N) is 2. The minimum atomic E-state index is -3.75. The highest BCUT2D eigenvalue weighted by Gasteiger charge is 2.18. The van der Waals surface area contributed by atoms with Crippen LogP contribution < -0.4 is 10.6 Å². The maximum Gasteiger partial charge on any atom is 0.319 e. The quantitative estimate of drug-likeness (QED) is 0.615. The van der Waals surface area contributed by atoms with Gasteiger partial charge in [-0.2, -0.15) is 0 Å². The lowest BCUT2D eigenvalue weighted by molar-refractivity contribution is 0.251. The molecule has 0 radical (unpaired) electrons. The Balaban J connectivity index is 1.67. The highest BCUT2D eigenvalue weighted by Crippen LogP contribution is 2.28. The first kappa shape index (κ1) is 20.1.